The van der Waals surface area contributed by atoms with Gasteiger partial charge >= 0.3 is 0 Å². The first-order valence-corrected chi connectivity index (χ1v) is 35.6. The number of fused-ring (bicyclic) bond motifs is 15. The summed E-state index contributed by atoms with van der Waals surface area (Å²) in [6.07, 6.45) is -0.734. The standard InChI is InChI=1S/C71H76Cl2N10O19S/c1-30(2)16-46(75-3)65(91)81-60-62(88)34-5-12-50(44(72)23-34)101-52-25-38-26-53(64(52)90)102-51-13-6-35(24-45(51)73)63(89)61-71(97)80-59(69(95)77-56-36-18-31-17-32(20-36)21-37(56)19-31)43-27-39(84)28-49(86)55(43)42-22-33(4-11-48(42)85)57(67(93)82-61)79-68(94)58(38)78-66(92)47(76-70(60)96)29-54(87)83-103(98,99)41-9-7-40(8-10-41)100-15-14-74/h4-13,22-28,30-32,36-37,46-47,56-63,75,84-86,88-90H,14-21,29,74H2,1-3H3,(H,76,96)(H,77,95)(H,78,92)(H,79,94)(H,80,97)(H,81,91)(H,82,93)(H,83,87)/t31?,32?,36?,37?,46-,47+,56?,57-,58-,59+,60-,61+,62-,63-/m1/s1. The van der Waals surface area contributed by atoms with Gasteiger partial charge < -0.3 is 93.1 Å². The van der Waals surface area contributed by atoms with Crippen molar-refractivity contribution in [1.82, 2.24) is 47.3 Å². The fourth-order valence-electron chi connectivity index (χ4n) is 14.9. The van der Waals surface area contributed by atoms with E-state index in [0.717, 1.165) is 98.8 Å². The van der Waals surface area contributed by atoms with Gasteiger partial charge in [0.05, 0.1) is 27.4 Å². The molecule has 8 amide bonds. The number of carbonyl (C=O) groups is 8. The van der Waals surface area contributed by atoms with Crippen molar-refractivity contribution < 1.29 is 91.6 Å². The summed E-state index contributed by atoms with van der Waals surface area (Å²) < 4.78 is 47.7. The van der Waals surface area contributed by atoms with Crippen LogP contribution in [-0.4, -0.2) is 137 Å². The summed E-state index contributed by atoms with van der Waals surface area (Å²) in [5.74, 6) is -13.1. The first-order valence-electron chi connectivity index (χ1n) is 33.4. The van der Waals surface area contributed by atoms with Gasteiger partial charge in [0, 0.05) is 29.8 Å². The molecule has 5 heterocycles. The van der Waals surface area contributed by atoms with Gasteiger partial charge in [-0.15, -0.1) is 0 Å². The Morgan fingerprint density at radius 2 is 1.23 bits per heavy atom. The molecule has 4 aliphatic carbocycles. The maximum atomic E-state index is 16.0. The minimum absolute atomic E-state index is 0.0796. The second-order valence-electron chi connectivity index (χ2n) is 27.2. The summed E-state index contributed by atoms with van der Waals surface area (Å²) >= 11 is 13.9. The van der Waals surface area contributed by atoms with Crippen LogP contribution in [0.4, 0.5) is 0 Å². The zero-order chi connectivity index (χ0) is 73.6. The number of ether oxygens (including phenoxy) is 3. The van der Waals surface area contributed by atoms with Crippen LogP contribution >= 0.6 is 23.2 Å². The van der Waals surface area contributed by atoms with Crippen LogP contribution in [0.3, 0.4) is 0 Å². The van der Waals surface area contributed by atoms with E-state index in [4.69, 9.17) is 43.1 Å². The van der Waals surface area contributed by atoms with Crippen LogP contribution in [0.1, 0.15) is 117 Å². The third kappa shape index (κ3) is 15.4. The van der Waals surface area contributed by atoms with Crippen molar-refractivity contribution in [2.45, 2.75) is 124 Å². The first-order chi connectivity index (χ1) is 49.0. The predicted octanol–water partition coefficient (Wildman–Crippen LogP) is 4.61. The van der Waals surface area contributed by atoms with Gasteiger partial charge in [-0.25, -0.2) is 13.1 Å². The van der Waals surface area contributed by atoms with E-state index in [1.165, 1.54) is 43.4 Å². The van der Waals surface area contributed by atoms with Crippen molar-refractivity contribution in [2.24, 2.45) is 35.3 Å². The Morgan fingerprint density at radius 3 is 1.83 bits per heavy atom. The number of hydrogen-bond acceptors (Lipinski definition) is 21. The number of phenols is 4. The zero-order valence-electron chi connectivity index (χ0n) is 55.6. The van der Waals surface area contributed by atoms with Crippen molar-refractivity contribution >= 4 is 80.5 Å². The van der Waals surface area contributed by atoms with Crippen LogP contribution in [0.25, 0.3) is 11.1 Å². The number of nitrogens with one attached hydrogen (secondary N) is 9. The molecule has 0 spiro atoms. The molecule has 4 saturated carbocycles. The number of carbonyl (C=O) groups excluding carboxylic acids is 8. The van der Waals surface area contributed by atoms with Crippen LogP contribution in [0.2, 0.25) is 10.0 Å². The number of amides is 8. The topological polar surface area (TPSA) is 454 Å². The highest BCUT2D eigenvalue weighted by Gasteiger charge is 2.50. The Bertz CT molecular complexity index is 4480. The van der Waals surface area contributed by atoms with Crippen LogP contribution in [0.5, 0.6) is 51.7 Å². The van der Waals surface area contributed by atoms with E-state index in [-0.39, 0.29) is 104 Å². The van der Waals surface area contributed by atoms with Crippen molar-refractivity contribution in [3.05, 3.63) is 141 Å². The normalized spacial score (nSPS) is 25.4. The largest absolute Gasteiger partial charge is 0.508 e. The Labute approximate surface area is 600 Å². The van der Waals surface area contributed by atoms with Gasteiger partial charge in [-0.05, 0) is 182 Å². The number of nitrogens with two attached hydrogens (primary N) is 1. The Kier molecular flexibility index (Phi) is 21.1. The van der Waals surface area contributed by atoms with Gasteiger partial charge in [0.1, 0.15) is 89.6 Å². The molecule has 15 bridgehead atoms. The van der Waals surface area contributed by atoms with E-state index in [9.17, 15) is 48.6 Å². The number of aliphatic hydroxyl groups excluding tert-OH is 2. The fraction of sp³-hybridized carbons (Fsp3) is 0.380. The quantitative estimate of drug-likeness (QED) is 0.0708. The maximum Gasteiger partial charge on any atom is 0.264 e. The number of halogens is 2. The molecule has 0 aromatic heterocycles. The molecule has 6 aromatic carbocycles. The van der Waals surface area contributed by atoms with Gasteiger partial charge in [0.25, 0.3) is 10.0 Å². The molecule has 0 saturated heterocycles. The molecule has 32 heteroatoms. The van der Waals surface area contributed by atoms with Gasteiger partial charge in [-0.2, -0.15) is 0 Å². The summed E-state index contributed by atoms with van der Waals surface area (Å²) in [5.41, 5.74) is 3.62. The lowest BCUT2D eigenvalue weighted by atomic mass is 9.54. The van der Waals surface area contributed by atoms with Crippen molar-refractivity contribution in [3.8, 4) is 62.9 Å². The predicted molar refractivity (Wildman–Crippen MR) is 369 cm³/mol. The van der Waals surface area contributed by atoms with Crippen LogP contribution in [0, 0.1) is 29.6 Å². The Balaban J connectivity index is 1.01. The summed E-state index contributed by atoms with van der Waals surface area (Å²) in [6.45, 7) is 3.85. The summed E-state index contributed by atoms with van der Waals surface area (Å²) in [5, 5.41) is 92.6. The van der Waals surface area contributed by atoms with E-state index in [1.54, 1.807) is 0 Å². The second-order valence-corrected chi connectivity index (χ2v) is 29.7. The van der Waals surface area contributed by atoms with E-state index < -0.39 is 163 Å². The van der Waals surface area contributed by atoms with Crippen molar-refractivity contribution in [3.63, 3.8) is 0 Å². The highest BCUT2D eigenvalue weighted by molar-refractivity contribution is 7.90. The van der Waals surface area contributed by atoms with Crippen LogP contribution < -0.4 is 67.2 Å². The van der Waals surface area contributed by atoms with Crippen molar-refractivity contribution in [1.29, 1.82) is 0 Å². The lowest BCUT2D eigenvalue weighted by molar-refractivity contribution is -0.138. The highest BCUT2D eigenvalue weighted by Crippen LogP contribution is 2.54. The maximum absolute atomic E-state index is 16.0. The molecule has 6 aromatic rings. The van der Waals surface area contributed by atoms with Gasteiger partial charge in [-0.3, -0.25) is 38.4 Å². The SMILES string of the molecule is CN[C@H](CC(C)C)C(=O)N[C@H]1C(=O)N[C@@H](CC(=O)NS(=O)(=O)c2ccc(OCCN)cc2)C(=O)N[C@H]2C(=O)N[C@H]3C(=O)N[C@H](C(=O)N[C@H](C(=O)NC4C5CC6CC(C5)CC4C6)c4cc(O)cc(O)c4-c4cc3ccc4O)[C@H](O)c3ccc(c(Cl)c3)Oc3cc2cc(c3O)Oc2ccc(cc2Cl)[C@H]1O. The number of benzene rings is 6. The minimum atomic E-state index is -4.83. The molecule has 9 atom stereocenters. The van der Waals surface area contributed by atoms with E-state index in [2.05, 4.69) is 42.5 Å². The molecule has 103 heavy (non-hydrogen) atoms. The Morgan fingerprint density at radius 1 is 0.641 bits per heavy atom. The molecular weight excluding hydrogens is 1400 g/mol. The fourth-order valence-corrected chi connectivity index (χ4v) is 16.3. The third-order valence-electron chi connectivity index (χ3n) is 19.6. The number of likely N-dealkylation sites (N-methyl/N-ethyl adjacent to an activating group) is 1. The number of aliphatic hydroxyl groups is 2. The molecule has 9 aliphatic rings. The average molecular weight is 1480 g/mol. The van der Waals surface area contributed by atoms with E-state index >= 15 is 28.8 Å². The lowest BCUT2D eigenvalue weighted by Crippen LogP contribution is -2.59. The number of sulfonamides is 1. The molecule has 15 rings (SSSR count). The number of rotatable bonds is 14. The van der Waals surface area contributed by atoms with Gasteiger partial charge in [0.2, 0.25) is 53.0 Å². The molecule has 0 radical (unpaired) electrons. The molecule has 4 fully saturated rings. The Hall–Kier alpha value is -9.95. The highest BCUT2D eigenvalue weighted by atomic mass is 35.5. The molecule has 0 unspecified atom stereocenters. The molecule has 17 N–H and O–H groups in total. The number of phenolic OH excluding ortho intramolecular Hbond substituents is 4. The van der Waals surface area contributed by atoms with E-state index in [0.29, 0.717) is 11.8 Å². The molecule has 29 nitrogen and oxygen atoms in total. The molecule has 5 aliphatic heterocycles. The summed E-state index contributed by atoms with van der Waals surface area (Å²) in [6, 6.07) is 5.19. The van der Waals surface area contributed by atoms with Gasteiger partial charge in [0.15, 0.2) is 11.5 Å². The smallest absolute Gasteiger partial charge is 0.264 e. The summed E-state index contributed by atoms with van der Waals surface area (Å²) in [7, 11) is -3.35. The van der Waals surface area contributed by atoms with Gasteiger partial charge in [-0.1, -0.05) is 55.2 Å². The van der Waals surface area contributed by atoms with Crippen LogP contribution in [0.15, 0.2) is 108 Å². The lowest BCUT2D eigenvalue weighted by Gasteiger charge is -2.54. The minimum Gasteiger partial charge on any atom is -0.508 e. The second kappa shape index (κ2) is 29.8. The zero-order valence-corrected chi connectivity index (χ0v) is 57.9. The van der Waals surface area contributed by atoms with Crippen molar-refractivity contribution in [2.75, 3.05) is 20.2 Å². The molecule has 544 valence electrons. The van der Waals surface area contributed by atoms with Crippen LogP contribution in [-0.2, 0) is 48.4 Å². The van der Waals surface area contributed by atoms with E-state index in [1.807, 2.05) is 18.6 Å². The first kappa shape index (κ1) is 72.8. The monoisotopic (exact) mass is 1470 g/mol. The average Bonchev–Trinajstić information content (AvgIpc) is 0.762. The third-order valence-corrected chi connectivity index (χ3v) is 21.6. The number of hydrogen-bond donors (Lipinski definition) is 16. The summed E-state index contributed by atoms with van der Waals surface area (Å²) in [4.78, 5) is 121. The molecular formula is C71H76Cl2N10O19S. The number of aromatic hydroxyl groups is 4.